The lowest BCUT2D eigenvalue weighted by molar-refractivity contribution is 0.415. The van der Waals surface area contributed by atoms with Crippen LogP contribution in [0.4, 0.5) is 0 Å². The van der Waals surface area contributed by atoms with Crippen LogP contribution in [0.1, 0.15) is 1.37 Å². The molecule has 1 heterocycles. The number of hydrogen-bond donors (Lipinski definition) is 0. The van der Waals surface area contributed by atoms with E-state index < -0.39 is 0 Å². The molecule has 0 atom stereocenters. The molecule has 0 fully saturated rings. The molecule has 0 unspecified atom stereocenters. The minimum absolute atomic E-state index is 0.434. The smallest absolute Gasteiger partial charge is 0.118 e. The van der Waals surface area contributed by atoms with E-state index in [1.165, 1.54) is 0 Å². The highest BCUT2D eigenvalue weighted by atomic mass is 16.5. The van der Waals surface area contributed by atoms with Gasteiger partial charge in [-0.1, -0.05) is 24.3 Å². The maximum Gasteiger partial charge on any atom is 0.118 e. The Labute approximate surface area is 107 Å². The summed E-state index contributed by atoms with van der Waals surface area (Å²) >= 11 is 0. The summed E-state index contributed by atoms with van der Waals surface area (Å²) in [6.45, 7) is 0. The average Bonchev–Trinajstić information content (AvgIpc) is 2.47. The van der Waals surface area contributed by atoms with Crippen LogP contribution in [0.2, 0.25) is 0 Å². The lowest BCUT2D eigenvalue weighted by Crippen LogP contribution is -1.86. The third-order valence-corrected chi connectivity index (χ3v) is 2.90. The summed E-state index contributed by atoms with van der Waals surface area (Å²) in [5.41, 5.74) is 2.53. The van der Waals surface area contributed by atoms with Gasteiger partial charge >= 0.3 is 0 Å². The number of fused-ring (bicyclic) bond motifs is 1. The van der Waals surface area contributed by atoms with E-state index in [4.69, 9.17) is 6.11 Å². The lowest BCUT2D eigenvalue weighted by Gasteiger charge is -2.04. The van der Waals surface area contributed by atoms with Crippen LogP contribution in [0.3, 0.4) is 0 Å². The molecule has 3 aromatic rings. The molecule has 0 saturated heterocycles. The molecular weight excluding hydrogens is 222 g/mol. The summed E-state index contributed by atoms with van der Waals surface area (Å²) in [5.74, 6) is 0.802. The van der Waals surface area contributed by atoms with Crippen molar-refractivity contribution in [1.82, 2.24) is 4.98 Å². The van der Waals surface area contributed by atoms with Gasteiger partial charge < -0.3 is 4.74 Å². The van der Waals surface area contributed by atoms with Crippen molar-refractivity contribution in [3.8, 4) is 17.0 Å². The van der Waals surface area contributed by atoms with Crippen molar-refractivity contribution in [3.63, 3.8) is 0 Å². The Morgan fingerprint density at radius 2 is 1.78 bits per heavy atom. The number of rotatable bonds is 2. The fourth-order valence-corrected chi connectivity index (χ4v) is 1.91. The van der Waals surface area contributed by atoms with Crippen LogP contribution in [0.15, 0.2) is 60.6 Å². The van der Waals surface area contributed by atoms with E-state index in [1.54, 1.807) is 7.11 Å². The Bertz CT molecular complexity index is 722. The van der Waals surface area contributed by atoms with Gasteiger partial charge in [-0.3, -0.25) is 0 Å². The van der Waals surface area contributed by atoms with Crippen molar-refractivity contribution in [3.05, 3.63) is 60.6 Å². The first-order chi connectivity index (χ1) is 9.28. The summed E-state index contributed by atoms with van der Waals surface area (Å²) in [6.07, 6.45) is 0. The van der Waals surface area contributed by atoms with Crippen LogP contribution in [0.25, 0.3) is 22.2 Å². The van der Waals surface area contributed by atoms with Gasteiger partial charge in [0.25, 0.3) is 0 Å². The molecule has 0 amide bonds. The molecule has 0 spiro atoms. The first kappa shape index (κ1) is 9.66. The van der Waals surface area contributed by atoms with Gasteiger partial charge in [0.2, 0.25) is 0 Å². The van der Waals surface area contributed by atoms with Crippen molar-refractivity contribution < 1.29 is 6.11 Å². The summed E-state index contributed by atoms with van der Waals surface area (Å²) < 4.78 is 13.2. The number of aromatic nitrogens is 1. The molecule has 0 radical (unpaired) electrons. The third-order valence-electron chi connectivity index (χ3n) is 2.90. The van der Waals surface area contributed by atoms with Gasteiger partial charge in [-0.25, -0.2) is 4.98 Å². The minimum atomic E-state index is 0.434. The summed E-state index contributed by atoms with van der Waals surface area (Å²) in [4.78, 5) is 4.57. The predicted molar refractivity (Wildman–Crippen MR) is 73.7 cm³/mol. The third kappa shape index (κ3) is 1.93. The average molecular weight is 236 g/mol. The monoisotopic (exact) mass is 236 g/mol. The molecule has 1 aromatic heterocycles. The van der Waals surface area contributed by atoms with E-state index in [9.17, 15) is 0 Å². The molecule has 0 bridgehead atoms. The second kappa shape index (κ2) is 4.49. The quantitative estimate of drug-likeness (QED) is 0.673. The highest BCUT2D eigenvalue weighted by Gasteiger charge is 2.01. The number of benzene rings is 2. The SMILES string of the molecule is [2H]c1cc2ccccc2nc1-c1ccc(OC)cc1. The highest BCUT2D eigenvalue weighted by Crippen LogP contribution is 2.23. The fourth-order valence-electron chi connectivity index (χ4n) is 1.91. The molecule has 0 N–H and O–H groups in total. The van der Waals surface area contributed by atoms with Crippen LogP contribution >= 0.6 is 0 Å². The second-order valence-corrected chi connectivity index (χ2v) is 4.04. The molecule has 2 aromatic carbocycles. The van der Waals surface area contributed by atoms with Crippen LogP contribution in [0.5, 0.6) is 5.75 Å². The Morgan fingerprint density at radius 1 is 1.00 bits per heavy atom. The van der Waals surface area contributed by atoms with E-state index in [0.717, 1.165) is 22.2 Å². The molecule has 88 valence electrons. The van der Waals surface area contributed by atoms with Crippen molar-refractivity contribution in [2.24, 2.45) is 0 Å². The van der Waals surface area contributed by atoms with Crippen molar-refractivity contribution >= 4 is 10.9 Å². The first-order valence-electron chi connectivity index (χ1n) is 6.29. The van der Waals surface area contributed by atoms with Crippen LogP contribution < -0.4 is 4.74 Å². The van der Waals surface area contributed by atoms with Crippen molar-refractivity contribution in [2.45, 2.75) is 0 Å². The molecule has 2 nitrogen and oxygen atoms in total. The standard InChI is InChI=1S/C16H13NO/c1-18-14-9-6-13(7-10-14)16-11-8-12-4-2-3-5-15(12)17-16/h2-11H,1H3/i11D. The van der Waals surface area contributed by atoms with Crippen molar-refractivity contribution in [2.75, 3.05) is 7.11 Å². The first-order valence-corrected chi connectivity index (χ1v) is 5.79. The molecular formula is C16H13NO. The Kier molecular flexibility index (Phi) is 2.41. The van der Waals surface area contributed by atoms with Crippen molar-refractivity contribution in [1.29, 1.82) is 0 Å². The zero-order valence-electron chi connectivity index (χ0n) is 11.1. The Hall–Kier alpha value is -2.35. The molecule has 18 heavy (non-hydrogen) atoms. The number of para-hydroxylation sites is 1. The minimum Gasteiger partial charge on any atom is -0.497 e. The fraction of sp³-hybridized carbons (Fsp3) is 0.0625. The van der Waals surface area contributed by atoms with Crippen LogP contribution in [-0.4, -0.2) is 12.1 Å². The van der Waals surface area contributed by atoms with Gasteiger partial charge in [0.15, 0.2) is 0 Å². The van der Waals surface area contributed by atoms with Gasteiger partial charge in [0.1, 0.15) is 5.75 Å². The Balaban J connectivity index is 2.15. The molecule has 0 aliphatic rings. The summed E-state index contributed by atoms with van der Waals surface area (Å²) in [5, 5.41) is 0.991. The summed E-state index contributed by atoms with van der Waals surface area (Å²) in [7, 11) is 1.64. The zero-order chi connectivity index (χ0) is 13.2. The molecule has 0 aliphatic carbocycles. The zero-order valence-corrected chi connectivity index (χ0v) is 10.1. The number of hydrogen-bond acceptors (Lipinski definition) is 2. The molecule has 3 rings (SSSR count). The number of ether oxygens (including phenoxy) is 1. The van der Waals surface area contributed by atoms with Gasteiger partial charge in [-0.15, -0.1) is 0 Å². The van der Waals surface area contributed by atoms with Gasteiger partial charge in [0.05, 0.1) is 19.7 Å². The maximum atomic E-state index is 8.10. The normalized spacial score (nSPS) is 11.3. The molecule has 0 saturated carbocycles. The van der Waals surface area contributed by atoms with Gasteiger partial charge in [0, 0.05) is 10.9 Å². The molecule has 0 aliphatic heterocycles. The topological polar surface area (TPSA) is 22.1 Å². The number of methoxy groups -OCH3 is 1. The highest BCUT2D eigenvalue weighted by molar-refractivity contribution is 5.81. The summed E-state index contributed by atoms with van der Waals surface area (Å²) in [6, 6.07) is 17.7. The number of nitrogens with zero attached hydrogens (tertiary/aromatic N) is 1. The van der Waals surface area contributed by atoms with E-state index in [0.29, 0.717) is 11.7 Å². The largest absolute Gasteiger partial charge is 0.497 e. The predicted octanol–water partition coefficient (Wildman–Crippen LogP) is 3.91. The van der Waals surface area contributed by atoms with E-state index in [1.807, 2.05) is 54.6 Å². The van der Waals surface area contributed by atoms with Crippen LogP contribution in [-0.2, 0) is 0 Å². The van der Waals surface area contributed by atoms with E-state index in [-0.39, 0.29) is 0 Å². The van der Waals surface area contributed by atoms with Crippen LogP contribution in [0, 0.1) is 0 Å². The lowest BCUT2D eigenvalue weighted by atomic mass is 10.1. The van der Waals surface area contributed by atoms with E-state index >= 15 is 0 Å². The Morgan fingerprint density at radius 3 is 2.56 bits per heavy atom. The number of pyridine rings is 1. The van der Waals surface area contributed by atoms with E-state index in [2.05, 4.69) is 4.98 Å². The second-order valence-electron chi connectivity index (χ2n) is 4.04. The maximum absolute atomic E-state index is 8.10. The molecule has 2 heteroatoms. The van der Waals surface area contributed by atoms with Gasteiger partial charge in [-0.2, -0.15) is 0 Å². The van der Waals surface area contributed by atoms with Gasteiger partial charge in [-0.05, 0) is 36.4 Å².